The summed E-state index contributed by atoms with van der Waals surface area (Å²) in [5.41, 5.74) is -0.768. The van der Waals surface area contributed by atoms with Crippen molar-refractivity contribution >= 4 is 112 Å². The zero-order chi connectivity index (χ0) is 25.1. The first-order valence-corrected chi connectivity index (χ1v) is 30.8. The van der Waals surface area contributed by atoms with Gasteiger partial charge in [0.15, 0.2) is 0 Å². The third kappa shape index (κ3) is 14.5. The fraction of sp³-hybridized carbons (Fsp3) is 0.375. The Morgan fingerprint density at radius 1 is 0.812 bits per heavy atom. The number of aromatic nitrogens is 2. The van der Waals surface area contributed by atoms with Crippen LogP contribution in [0.2, 0.25) is 0 Å². The van der Waals surface area contributed by atoms with Gasteiger partial charge in [0.25, 0.3) is 0 Å². The Labute approximate surface area is 252 Å². The Kier molecular flexibility index (Phi) is 18.9. The Morgan fingerprint density at radius 2 is 1.12 bits per heavy atom. The van der Waals surface area contributed by atoms with Crippen LogP contribution in [0, 0.1) is 23.8 Å². The summed E-state index contributed by atoms with van der Waals surface area (Å²) in [6, 6.07) is 5.67. The van der Waals surface area contributed by atoms with E-state index in [4.69, 9.17) is 9.31 Å². The van der Waals surface area contributed by atoms with E-state index in [1.807, 2.05) is 27.7 Å². The monoisotopic (exact) mass is 1090 g/mol. The van der Waals surface area contributed by atoms with Gasteiger partial charge in [-0.15, -0.1) is 0 Å². The standard InChI is InChI=1S/C11H14BF2NO2.C5H3F2N.5HI.2V/c1-10(2)11(3,4)17-12(16-10)7-5-8(13)15-9(14)6-7;6-4-2-1-3-5(7)8-4;;;;;;;/h5-6H,1-4H3;1-3H;5*1H;;/q;;;;;;;+2;+3/p-5. The van der Waals surface area contributed by atoms with Crippen molar-refractivity contribution in [3.63, 3.8) is 0 Å². The maximum absolute atomic E-state index is 13.0. The average molecular weight is 1090 g/mol. The van der Waals surface area contributed by atoms with Crippen molar-refractivity contribution in [2.24, 2.45) is 0 Å². The molecule has 2 aromatic rings. The van der Waals surface area contributed by atoms with Gasteiger partial charge in [0.1, 0.15) is 0 Å². The van der Waals surface area contributed by atoms with Crippen LogP contribution in [0.5, 0.6) is 0 Å². The molecular formula is C16H17BF4I5N2O2V2. The minimum absolute atomic E-state index is 0.278. The Morgan fingerprint density at radius 3 is 1.41 bits per heavy atom. The fourth-order valence-electron chi connectivity index (χ4n) is 1.98. The van der Waals surface area contributed by atoms with Crippen molar-refractivity contribution in [1.29, 1.82) is 0 Å². The summed E-state index contributed by atoms with van der Waals surface area (Å²) in [6.45, 7) is 7.50. The molecule has 0 aromatic carbocycles. The van der Waals surface area contributed by atoms with Gasteiger partial charge in [-0.3, -0.25) is 0 Å². The van der Waals surface area contributed by atoms with E-state index in [2.05, 4.69) is 110 Å². The molecule has 2 aromatic heterocycles. The van der Waals surface area contributed by atoms with E-state index in [-0.39, 0.29) is 4.92 Å². The zero-order valence-corrected chi connectivity index (χ0v) is 30.6. The second-order valence-corrected chi connectivity index (χ2v) is 53.8. The van der Waals surface area contributed by atoms with Gasteiger partial charge in [0.05, 0.1) is 11.2 Å². The molecule has 0 radical (unpaired) electrons. The van der Waals surface area contributed by atoms with E-state index < -0.39 is 42.1 Å². The van der Waals surface area contributed by atoms with E-state index >= 15 is 0 Å². The Balaban J connectivity index is 0.000000530. The molecule has 16 heteroatoms. The summed E-state index contributed by atoms with van der Waals surface area (Å²) in [6.07, 6.45) is 0. The van der Waals surface area contributed by atoms with E-state index in [0.717, 1.165) is 24.3 Å². The number of nitrogens with zero attached hydrogens (tertiary/aromatic N) is 2. The zero-order valence-electron chi connectivity index (χ0n) is 17.0. The number of pyridine rings is 2. The number of rotatable bonds is 1. The van der Waals surface area contributed by atoms with E-state index in [1.165, 1.54) is 6.07 Å². The Bertz CT molecular complexity index is 791. The van der Waals surface area contributed by atoms with Gasteiger partial charge in [-0.1, -0.05) is 6.07 Å². The quantitative estimate of drug-likeness (QED) is 0.129. The van der Waals surface area contributed by atoms with Crippen LogP contribution in [-0.2, 0) is 23.7 Å². The molecular weight excluding hydrogens is 1080 g/mol. The van der Waals surface area contributed by atoms with Crippen LogP contribution in [0.15, 0.2) is 30.3 Å². The SMILES string of the molecule is CC1(C)OB(c2cc(F)nc(F)c2)OC1(C)C.Fc1cccc(F)n1.[I][V]([I])[I].[I][V][I]. The second-order valence-electron chi connectivity index (χ2n) is 6.67. The van der Waals surface area contributed by atoms with Gasteiger partial charge >= 0.3 is 121 Å². The summed E-state index contributed by atoms with van der Waals surface area (Å²) in [5.74, 6) is -3.33. The molecule has 4 nitrogen and oxygen atoms in total. The summed E-state index contributed by atoms with van der Waals surface area (Å²) >= 11 is 12.1. The van der Waals surface area contributed by atoms with E-state index in [1.54, 1.807) is 0 Å². The molecule has 0 bridgehead atoms. The summed E-state index contributed by atoms with van der Waals surface area (Å²) in [4.78, 5) is 5.60. The third-order valence-electron chi connectivity index (χ3n) is 3.99. The molecule has 0 spiro atoms. The normalized spacial score (nSPS) is 15.5. The van der Waals surface area contributed by atoms with Gasteiger partial charge in [-0.25, -0.2) is 0 Å². The topological polar surface area (TPSA) is 44.2 Å². The van der Waals surface area contributed by atoms with E-state index in [0.29, 0.717) is 14.9 Å². The predicted octanol–water partition coefficient (Wildman–Crippen LogP) is 7.44. The third-order valence-corrected chi connectivity index (χ3v) is 3.99. The number of hydrogen-bond donors (Lipinski definition) is 0. The molecule has 32 heavy (non-hydrogen) atoms. The molecule has 0 aliphatic carbocycles. The van der Waals surface area contributed by atoms with E-state index in [9.17, 15) is 17.6 Å². The average Bonchev–Trinajstić information content (AvgIpc) is 2.82. The van der Waals surface area contributed by atoms with Gasteiger partial charge < -0.3 is 9.31 Å². The van der Waals surface area contributed by atoms with Crippen molar-refractivity contribution in [3.05, 3.63) is 54.1 Å². The van der Waals surface area contributed by atoms with Crippen molar-refractivity contribution < 1.29 is 41.3 Å². The molecule has 0 N–H and O–H groups in total. The molecule has 1 aliphatic rings. The molecule has 1 fully saturated rings. The summed E-state index contributed by atoms with van der Waals surface area (Å²) in [7, 11) is -0.144. The van der Waals surface area contributed by atoms with Crippen molar-refractivity contribution in [2.75, 3.05) is 0 Å². The molecule has 0 atom stereocenters. The first kappa shape index (κ1) is 34.8. The van der Waals surface area contributed by atoms with Gasteiger partial charge in [0, 0.05) is 0 Å². The predicted molar refractivity (Wildman–Crippen MR) is 154 cm³/mol. The van der Waals surface area contributed by atoms with Crippen LogP contribution in [-0.4, -0.2) is 28.3 Å². The molecule has 1 aliphatic heterocycles. The van der Waals surface area contributed by atoms with Crippen molar-refractivity contribution in [2.45, 2.75) is 38.9 Å². The molecule has 0 unspecified atom stereocenters. The van der Waals surface area contributed by atoms with Crippen LogP contribution in [0.3, 0.4) is 0 Å². The molecule has 3 heterocycles. The van der Waals surface area contributed by atoms with Gasteiger partial charge in [-0.2, -0.15) is 27.5 Å². The van der Waals surface area contributed by atoms with Crippen LogP contribution in [0.25, 0.3) is 0 Å². The summed E-state index contributed by atoms with van der Waals surface area (Å²) in [5, 5.41) is 0. The molecule has 3 rings (SSSR count). The first-order valence-electron chi connectivity index (χ1n) is 8.31. The first-order chi connectivity index (χ1) is 14.6. The minimum atomic E-state index is -0.880. The summed E-state index contributed by atoms with van der Waals surface area (Å²) < 4.78 is 61.0. The van der Waals surface area contributed by atoms with Crippen molar-refractivity contribution in [1.82, 2.24) is 9.97 Å². The molecule has 0 amide bonds. The van der Waals surface area contributed by atoms with Gasteiger partial charge in [0.2, 0.25) is 23.8 Å². The molecule has 1 saturated heterocycles. The number of halogens is 9. The number of hydrogen-bond acceptors (Lipinski definition) is 4. The van der Waals surface area contributed by atoms with Crippen LogP contribution in [0.1, 0.15) is 27.7 Å². The maximum atomic E-state index is 13.0. The Hall–Kier alpha value is 2.82. The van der Waals surface area contributed by atoms with Crippen LogP contribution in [0.4, 0.5) is 17.6 Å². The molecule has 179 valence electrons. The van der Waals surface area contributed by atoms with Crippen molar-refractivity contribution in [3.8, 4) is 0 Å². The molecule has 0 saturated carbocycles. The van der Waals surface area contributed by atoms with Crippen LogP contribution >= 0.6 is 99.9 Å². The van der Waals surface area contributed by atoms with Crippen LogP contribution < -0.4 is 5.46 Å². The fourth-order valence-corrected chi connectivity index (χ4v) is 1.98. The second kappa shape index (κ2) is 17.4. The van der Waals surface area contributed by atoms with Gasteiger partial charge in [-0.05, 0) is 57.4 Å².